The SMILES string of the molecule is CC(CN)CC(=O)NCc1cccs1. The Morgan fingerprint density at radius 1 is 1.71 bits per heavy atom. The van der Waals surface area contributed by atoms with E-state index in [9.17, 15) is 4.79 Å². The third kappa shape index (κ3) is 3.89. The largest absolute Gasteiger partial charge is 0.351 e. The molecule has 0 spiro atoms. The van der Waals surface area contributed by atoms with Gasteiger partial charge in [-0.3, -0.25) is 4.79 Å². The molecule has 1 amide bonds. The molecule has 0 aliphatic rings. The Morgan fingerprint density at radius 2 is 2.50 bits per heavy atom. The van der Waals surface area contributed by atoms with Gasteiger partial charge in [-0.15, -0.1) is 11.3 Å². The second kappa shape index (κ2) is 5.78. The van der Waals surface area contributed by atoms with Gasteiger partial charge < -0.3 is 11.1 Å². The van der Waals surface area contributed by atoms with Crippen molar-refractivity contribution in [3.05, 3.63) is 22.4 Å². The van der Waals surface area contributed by atoms with Gasteiger partial charge in [-0.25, -0.2) is 0 Å². The van der Waals surface area contributed by atoms with Crippen molar-refractivity contribution < 1.29 is 4.79 Å². The van der Waals surface area contributed by atoms with E-state index in [0.29, 0.717) is 19.5 Å². The standard InChI is InChI=1S/C10H16N2OS/c1-8(6-11)5-10(13)12-7-9-3-2-4-14-9/h2-4,8H,5-7,11H2,1H3,(H,12,13). The zero-order valence-corrected chi connectivity index (χ0v) is 9.14. The van der Waals surface area contributed by atoms with Crippen molar-refractivity contribution in [3.63, 3.8) is 0 Å². The highest BCUT2D eigenvalue weighted by Crippen LogP contribution is 2.07. The van der Waals surface area contributed by atoms with Gasteiger partial charge in [0, 0.05) is 11.3 Å². The molecule has 3 N–H and O–H groups in total. The maximum absolute atomic E-state index is 11.3. The summed E-state index contributed by atoms with van der Waals surface area (Å²) < 4.78 is 0. The summed E-state index contributed by atoms with van der Waals surface area (Å²) in [6, 6.07) is 3.99. The van der Waals surface area contributed by atoms with E-state index in [-0.39, 0.29) is 11.8 Å². The van der Waals surface area contributed by atoms with Crippen molar-refractivity contribution in [3.8, 4) is 0 Å². The third-order valence-electron chi connectivity index (χ3n) is 1.98. The number of rotatable bonds is 5. The van der Waals surface area contributed by atoms with Crippen LogP contribution in [0.3, 0.4) is 0 Å². The van der Waals surface area contributed by atoms with Crippen LogP contribution in [0.4, 0.5) is 0 Å². The van der Waals surface area contributed by atoms with Gasteiger partial charge in [0.2, 0.25) is 5.91 Å². The second-order valence-electron chi connectivity index (χ2n) is 3.40. The van der Waals surface area contributed by atoms with E-state index in [4.69, 9.17) is 5.73 Å². The minimum absolute atomic E-state index is 0.0800. The molecule has 4 heteroatoms. The summed E-state index contributed by atoms with van der Waals surface area (Å²) in [6.45, 7) is 3.17. The van der Waals surface area contributed by atoms with E-state index in [1.54, 1.807) is 11.3 Å². The lowest BCUT2D eigenvalue weighted by Gasteiger charge is -2.07. The number of nitrogens with one attached hydrogen (secondary N) is 1. The van der Waals surface area contributed by atoms with Gasteiger partial charge in [0.05, 0.1) is 6.54 Å². The van der Waals surface area contributed by atoms with Gasteiger partial charge in [0.25, 0.3) is 0 Å². The van der Waals surface area contributed by atoms with Gasteiger partial charge in [-0.1, -0.05) is 13.0 Å². The lowest BCUT2D eigenvalue weighted by molar-refractivity contribution is -0.122. The van der Waals surface area contributed by atoms with E-state index in [0.717, 1.165) is 0 Å². The Labute approximate surface area is 88.3 Å². The van der Waals surface area contributed by atoms with Gasteiger partial charge in [-0.2, -0.15) is 0 Å². The molecular weight excluding hydrogens is 196 g/mol. The van der Waals surface area contributed by atoms with Gasteiger partial charge in [-0.05, 0) is 23.9 Å². The molecule has 0 aliphatic carbocycles. The zero-order valence-electron chi connectivity index (χ0n) is 8.32. The highest BCUT2D eigenvalue weighted by molar-refractivity contribution is 7.09. The molecular formula is C10H16N2OS. The van der Waals surface area contributed by atoms with Crippen molar-refractivity contribution >= 4 is 17.2 Å². The highest BCUT2D eigenvalue weighted by Gasteiger charge is 2.06. The number of amides is 1. The molecule has 1 rings (SSSR count). The smallest absolute Gasteiger partial charge is 0.220 e. The van der Waals surface area contributed by atoms with Gasteiger partial charge >= 0.3 is 0 Å². The van der Waals surface area contributed by atoms with Crippen molar-refractivity contribution in [1.29, 1.82) is 0 Å². The average Bonchev–Trinajstić information content (AvgIpc) is 2.67. The molecule has 0 bridgehead atoms. The Hall–Kier alpha value is -0.870. The molecule has 0 aromatic carbocycles. The quantitative estimate of drug-likeness (QED) is 0.774. The predicted molar refractivity (Wildman–Crippen MR) is 59.0 cm³/mol. The van der Waals surface area contributed by atoms with Gasteiger partial charge in [0.1, 0.15) is 0 Å². The fourth-order valence-electron chi connectivity index (χ4n) is 1.07. The third-order valence-corrected chi connectivity index (χ3v) is 2.85. The molecule has 1 aromatic rings. The second-order valence-corrected chi connectivity index (χ2v) is 4.43. The van der Waals surface area contributed by atoms with E-state index >= 15 is 0 Å². The van der Waals surface area contributed by atoms with E-state index in [1.807, 2.05) is 24.4 Å². The van der Waals surface area contributed by atoms with Gasteiger partial charge in [0.15, 0.2) is 0 Å². The molecule has 1 unspecified atom stereocenters. The van der Waals surface area contributed by atoms with Crippen LogP contribution in [0.2, 0.25) is 0 Å². The maximum Gasteiger partial charge on any atom is 0.220 e. The van der Waals surface area contributed by atoms with Crippen LogP contribution in [0.25, 0.3) is 0 Å². The Kier molecular flexibility index (Phi) is 4.62. The van der Waals surface area contributed by atoms with Crippen LogP contribution in [-0.4, -0.2) is 12.5 Å². The summed E-state index contributed by atoms with van der Waals surface area (Å²) in [5.41, 5.74) is 5.43. The van der Waals surface area contributed by atoms with Crippen LogP contribution in [0, 0.1) is 5.92 Å². The van der Waals surface area contributed by atoms with Crippen LogP contribution < -0.4 is 11.1 Å². The topological polar surface area (TPSA) is 55.1 Å². The molecule has 1 heterocycles. The van der Waals surface area contributed by atoms with Crippen molar-refractivity contribution in [2.75, 3.05) is 6.54 Å². The van der Waals surface area contributed by atoms with Crippen LogP contribution in [0.15, 0.2) is 17.5 Å². The lowest BCUT2D eigenvalue weighted by Crippen LogP contribution is -2.26. The maximum atomic E-state index is 11.3. The predicted octanol–water partition coefficient (Wildman–Crippen LogP) is 1.35. The first-order valence-electron chi connectivity index (χ1n) is 4.71. The number of thiophene rings is 1. The first-order valence-corrected chi connectivity index (χ1v) is 5.59. The Morgan fingerprint density at radius 3 is 3.07 bits per heavy atom. The number of hydrogen-bond donors (Lipinski definition) is 2. The summed E-state index contributed by atoms with van der Waals surface area (Å²) in [4.78, 5) is 12.5. The average molecular weight is 212 g/mol. The summed E-state index contributed by atoms with van der Waals surface area (Å²) >= 11 is 1.65. The lowest BCUT2D eigenvalue weighted by atomic mass is 10.1. The normalized spacial score (nSPS) is 12.4. The first kappa shape index (κ1) is 11.2. The first-order chi connectivity index (χ1) is 6.72. The molecule has 78 valence electrons. The summed E-state index contributed by atoms with van der Waals surface area (Å²) in [5.74, 6) is 0.342. The van der Waals surface area contributed by atoms with E-state index in [1.165, 1.54) is 4.88 Å². The Bertz CT molecular complexity index is 272. The molecule has 0 fully saturated rings. The molecule has 14 heavy (non-hydrogen) atoms. The molecule has 3 nitrogen and oxygen atoms in total. The molecule has 0 saturated heterocycles. The molecule has 0 aliphatic heterocycles. The molecule has 1 atom stereocenters. The summed E-state index contributed by atoms with van der Waals surface area (Å²) in [6.07, 6.45) is 0.516. The highest BCUT2D eigenvalue weighted by atomic mass is 32.1. The fourth-order valence-corrected chi connectivity index (χ4v) is 1.72. The Balaban J connectivity index is 2.22. The monoisotopic (exact) mass is 212 g/mol. The molecule has 0 saturated carbocycles. The van der Waals surface area contributed by atoms with Crippen LogP contribution in [0.1, 0.15) is 18.2 Å². The summed E-state index contributed by atoms with van der Waals surface area (Å²) in [5, 5.41) is 4.87. The fraction of sp³-hybridized carbons (Fsp3) is 0.500. The van der Waals surface area contributed by atoms with Crippen molar-refractivity contribution in [2.45, 2.75) is 19.9 Å². The van der Waals surface area contributed by atoms with Crippen LogP contribution in [0.5, 0.6) is 0 Å². The minimum atomic E-state index is 0.0800. The van der Waals surface area contributed by atoms with Crippen molar-refractivity contribution in [1.82, 2.24) is 5.32 Å². The zero-order chi connectivity index (χ0) is 10.4. The molecule has 0 radical (unpaired) electrons. The van der Waals surface area contributed by atoms with Crippen LogP contribution in [-0.2, 0) is 11.3 Å². The number of nitrogens with two attached hydrogens (primary N) is 1. The van der Waals surface area contributed by atoms with Crippen molar-refractivity contribution in [2.24, 2.45) is 11.7 Å². The number of hydrogen-bond acceptors (Lipinski definition) is 3. The van der Waals surface area contributed by atoms with Crippen LogP contribution >= 0.6 is 11.3 Å². The number of carbonyl (C=O) groups is 1. The van der Waals surface area contributed by atoms with E-state index in [2.05, 4.69) is 5.32 Å². The van der Waals surface area contributed by atoms with E-state index < -0.39 is 0 Å². The summed E-state index contributed by atoms with van der Waals surface area (Å²) in [7, 11) is 0. The molecule has 1 aromatic heterocycles. The minimum Gasteiger partial charge on any atom is -0.351 e. The number of carbonyl (C=O) groups excluding carboxylic acids is 1.